The van der Waals surface area contributed by atoms with Gasteiger partial charge in [-0.3, -0.25) is 0 Å². The fourth-order valence-electron chi connectivity index (χ4n) is 9.28. The zero-order valence-corrected chi connectivity index (χ0v) is 24.2. The lowest BCUT2D eigenvalue weighted by molar-refractivity contribution is -0.129. The van der Waals surface area contributed by atoms with Crippen LogP contribution in [-0.2, 0) is 8.85 Å². The first-order valence-electron chi connectivity index (χ1n) is 13.6. The highest BCUT2D eigenvalue weighted by atomic mass is 28.4. The standard InChI is InChI=1S/C27H52O2Si2/c1-19(28-30(4,5)6)23-12-13-24-22-11-10-20-18-21(29-31(7,8)9)14-16-26(20,2)25(22)15-17-27(23,24)3/h19-25H,10-18H2,1-9H3. The molecule has 0 spiro atoms. The molecule has 9 unspecified atom stereocenters. The van der Waals surface area contributed by atoms with Crippen molar-refractivity contribution in [3.05, 3.63) is 0 Å². The molecule has 4 fully saturated rings. The molecule has 180 valence electrons. The Bertz CT molecular complexity index is 653. The quantitative estimate of drug-likeness (QED) is 0.382. The molecule has 0 radical (unpaired) electrons. The molecular weight excluding hydrogens is 412 g/mol. The van der Waals surface area contributed by atoms with Gasteiger partial charge in [-0.1, -0.05) is 13.8 Å². The molecule has 0 bridgehead atoms. The van der Waals surface area contributed by atoms with Gasteiger partial charge in [0, 0.05) is 12.2 Å². The van der Waals surface area contributed by atoms with Gasteiger partial charge in [-0.05, 0) is 144 Å². The fraction of sp³-hybridized carbons (Fsp3) is 1.00. The lowest BCUT2D eigenvalue weighted by atomic mass is 9.44. The monoisotopic (exact) mass is 464 g/mol. The van der Waals surface area contributed by atoms with Crippen LogP contribution in [0.5, 0.6) is 0 Å². The van der Waals surface area contributed by atoms with Gasteiger partial charge in [0.15, 0.2) is 16.6 Å². The second-order valence-corrected chi connectivity index (χ2v) is 23.4. The minimum absolute atomic E-state index is 0.444. The van der Waals surface area contributed by atoms with E-state index in [9.17, 15) is 0 Å². The van der Waals surface area contributed by atoms with Crippen LogP contribution in [0.4, 0.5) is 0 Å². The molecule has 4 heteroatoms. The van der Waals surface area contributed by atoms with Crippen molar-refractivity contribution in [1.29, 1.82) is 0 Å². The molecule has 0 aromatic heterocycles. The summed E-state index contributed by atoms with van der Waals surface area (Å²) in [6.07, 6.45) is 13.8. The minimum Gasteiger partial charge on any atom is -0.415 e. The summed E-state index contributed by atoms with van der Waals surface area (Å²) in [6.45, 7) is 21.9. The predicted octanol–water partition coefficient (Wildman–Crippen LogP) is 8.11. The van der Waals surface area contributed by atoms with E-state index < -0.39 is 16.6 Å². The summed E-state index contributed by atoms with van der Waals surface area (Å²) in [6, 6.07) is 0. The Morgan fingerprint density at radius 3 is 2.03 bits per heavy atom. The van der Waals surface area contributed by atoms with Gasteiger partial charge >= 0.3 is 0 Å². The van der Waals surface area contributed by atoms with Gasteiger partial charge in [-0.2, -0.15) is 0 Å². The van der Waals surface area contributed by atoms with Crippen molar-refractivity contribution < 1.29 is 8.85 Å². The van der Waals surface area contributed by atoms with Gasteiger partial charge in [0.25, 0.3) is 0 Å². The van der Waals surface area contributed by atoms with Crippen LogP contribution in [0.2, 0.25) is 39.3 Å². The average Bonchev–Trinajstić information content (AvgIpc) is 2.97. The maximum atomic E-state index is 6.66. The van der Waals surface area contributed by atoms with E-state index in [1.165, 1.54) is 57.8 Å². The van der Waals surface area contributed by atoms with Gasteiger partial charge in [0.05, 0.1) is 0 Å². The van der Waals surface area contributed by atoms with Crippen LogP contribution in [-0.4, -0.2) is 28.8 Å². The molecule has 31 heavy (non-hydrogen) atoms. The van der Waals surface area contributed by atoms with Crippen LogP contribution in [0.1, 0.15) is 78.6 Å². The molecule has 4 rings (SSSR count). The van der Waals surface area contributed by atoms with Crippen molar-refractivity contribution in [3.63, 3.8) is 0 Å². The third-order valence-corrected chi connectivity index (χ3v) is 12.4. The molecule has 4 aliphatic rings. The summed E-state index contributed by atoms with van der Waals surface area (Å²) in [5.41, 5.74) is 1.09. The van der Waals surface area contributed by atoms with E-state index in [2.05, 4.69) is 60.1 Å². The van der Waals surface area contributed by atoms with Crippen LogP contribution in [0.3, 0.4) is 0 Å². The molecule has 0 heterocycles. The lowest BCUT2D eigenvalue weighted by Gasteiger charge is -2.61. The highest BCUT2D eigenvalue weighted by Gasteiger charge is 2.61. The molecule has 0 aliphatic heterocycles. The van der Waals surface area contributed by atoms with Crippen LogP contribution in [0, 0.1) is 40.4 Å². The van der Waals surface area contributed by atoms with Crippen molar-refractivity contribution in [2.75, 3.05) is 0 Å². The predicted molar refractivity (Wildman–Crippen MR) is 137 cm³/mol. The summed E-state index contributed by atoms with van der Waals surface area (Å²) >= 11 is 0. The molecular formula is C27H52O2Si2. The second kappa shape index (κ2) is 8.24. The summed E-state index contributed by atoms with van der Waals surface area (Å²) in [5, 5.41) is 0. The highest BCUT2D eigenvalue weighted by molar-refractivity contribution is 6.70. The maximum absolute atomic E-state index is 6.66. The summed E-state index contributed by atoms with van der Waals surface area (Å²) in [5.74, 6) is 4.55. The summed E-state index contributed by atoms with van der Waals surface area (Å²) < 4.78 is 13.3. The third kappa shape index (κ3) is 4.66. The lowest BCUT2D eigenvalue weighted by Crippen LogP contribution is -2.55. The second-order valence-electron chi connectivity index (χ2n) is 14.4. The first-order valence-corrected chi connectivity index (χ1v) is 20.4. The minimum atomic E-state index is -1.48. The smallest absolute Gasteiger partial charge is 0.184 e. The van der Waals surface area contributed by atoms with Gasteiger partial charge in [-0.15, -0.1) is 0 Å². The maximum Gasteiger partial charge on any atom is 0.184 e. The SMILES string of the molecule is CC(O[Si](C)(C)C)C1CCC2C3CCC4CC(O[Si](C)(C)C)CCC4(C)C3CCC12C. The first-order chi connectivity index (χ1) is 14.2. The molecule has 4 aliphatic carbocycles. The van der Waals surface area contributed by atoms with E-state index >= 15 is 0 Å². The number of hydrogen-bond donors (Lipinski definition) is 0. The van der Waals surface area contributed by atoms with E-state index in [0.29, 0.717) is 23.0 Å². The first kappa shape index (κ1) is 24.5. The van der Waals surface area contributed by atoms with Crippen LogP contribution in [0.15, 0.2) is 0 Å². The van der Waals surface area contributed by atoms with E-state index in [0.717, 1.165) is 29.6 Å². The van der Waals surface area contributed by atoms with Gasteiger partial charge in [0.1, 0.15) is 0 Å². The average molecular weight is 465 g/mol. The third-order valence-electron chi connectivity index (χ3n) is 10.3. The van der Waals surface area contributed by atoms with Crippen LogP contribution < -0.4 is 0 Å². The number of fused-ring (bicyclic) bond motifs is 5. The van der Waals surface area contributed by atoms with Crippen molar-refractivity contribution >= 4 is 16.6 Å². The van der Waals surface area contributed by atoms with E-state index in [1.54, 1.807) is 0 Å². The van der Waals surface area contributed by atoms with E-state index in [4.69, 9.17) is 8.85 Å². The highest BCUT2D eigenvalue weighted by Crippen LogP contribution is 2.68. The topological polar surface area (TPSA) is 18.5 Å². The fourth-order valence-corrected chi connectivity index (χ4v) is 11.8. The Morgan fingerprint density at radius 2 is 1.39 bits per heavy atom. The Morgan fingerprint density at radius 1 is 0.742 bits per heavy atom. The van der Waals surface area contributed by atoms with Crippen molar-refractivity contribution in [2.45, 2.75) is 130 Å². The van der Waals surface area contributed by atoms with Crippen molar-refractivity contribution in [3.8, 4) is 0 Å². The van der Waals surface area contributed by atoms with Gasteiger partial charge in [0.2, 0.25) is 0 Å². The molecule has 0 aromatic carbocycles. The Labute approximate surface area is 195 Å². The number of rotatable bonds is 5. The molecule has 9 atom stereocenters. The molecule has 4 saturated carbocycles. The Hall–Kier alpha value is 0.354. The normalized spacial score (nSPS) is 46.7. The zero-order valence-electron chi connectivity index (χ0n) is 22.2. The zero-order chi connectivity index (χ0) is 22.8. The molecule has 2 nitrogen and oxygen atoms in total. The van der Waals surface area contributed by atoms with Crippen molar-refractivity contribution in [1.82, 2.24) is 0 Å². The van der Waals surface area contributed by atoms with E-state index in [-0.39, 0.29) is 0 Å². The molecule has 0 N–H and O–H groups in total. The van der Waals surface area contributed by atoms with Gasteiger partial charge in [-0.25, -0.2) is 0 Å². The van der Waals surface area contributed by atoms with Crippen molar-refractivity contribution in [2.24, 2.45) is 40.4 Å². The summed E-state index contributed by atoms with van der Waals surface area (Å²) in [7, 11) is -2.91. The van der Waals surface area contributed by atoms with Crippen LogP contribution >= 0.6 is 0 Å². The molecule has 0 saturated heterocycles. The molecule has 0 amide bonds. The largest absolute Gasteiger partial charge is 0.415 e. The van der Waals surface area contributed by atoms with E-state index in [1.807, 2.05) is 0 Å². The van der Waals surface area contributed by atoms with Crippen LogP contribution in [0.25, 0.3) is 0 Å². The van der Waals surface area contributed by atoms with Gasteiger partial charge < -0.3 is 8.85 Å². The Kier molecular flexibility index (Phi) is 6.50. The Balaban J connectivity index is 1.48. The molecule has 0 aromatic rings. The summed E-state index contributed by atoms with van der Waals surface area (Å²) in [4.78, 5) is 0. The number of hydrogen-bond acceptors (Lipinski definition) is 2.